The first-order valence-electron chi connectivity index (χ1n) is 7.06. The van der Waals surface area contributed by atoms with Gasteiger partial charge in [0.05, 0.1) is 5.69 Å². The Bertz CT molecular complexity index is 711. The molecule has 5 heteroatoms. The van der Waals surface area contributed by atoms with E-state index in [0.29, 0.717) is 23.5 Å². The average molecular weight is 293 g/mol. The number of rotatable bonds is 3. The molecule has 1 aliphatic heterocycles. The molecule has 0 radical (unpaired) electrons. The Morgan fingerprint density at radius 1 is 0.955 bits per heavy atom. The molecule has 0 spiro atoms. The number of nitrogens with zero attached hydrogens (tertiary/aromatic N) is 2. The molecule has 0 saturated heterocycles. The molecule has 2 aromatic rings. The Morgan fingerprint density at radius 2 is 1.59 bits per heavy atom. The molecule has 3 rings (SSSR count). The van der Waals surface area contributed by atoms with Crippen molar-refractivity contribution in [2.45, 2.75) is 12.8 Å². The zero-order chi connectivity index (χ0) is 15.4. The van der Waals surface area contributed by atoms with E-state index in [9.17, 15) is 9.59 Å². The Hall–Kier alpha value is -2.95. The van der Waals surface area contributed by atoms with Crippen LogP contribution in [0.25, 0.3) is 0 Å². The Labute approximate surface area is 128 Å². The summed E-state index contributed by atoms with van der Waals surface area (Å²) in [4.78, 5) is 24.3. The molecular formula is C17H15N3O2. The van der Waals surface area contributed by atoms with Crippen LogP contribution in [0.1, 0.15) is 12.8 Å². The Balaban J connectivity index is 1.81. The minimum atomic E-state index is -0.278. The van der Waals surface area contributed by atoms with Crippen LogP contribution in [0, 0.1) is 0 Å². The number of benzene rings is 2. The minimum Gasteiger partial charge on any atom is -0.321 e. The minimum absolute atomic E-state index is 0.109. The van der Waals surface area contributed by atoms with Crippen molar-refractivity contribution >= 4 is 28.9 Å². The molecule has 0 bridgehead atoms. The molecule has 0 fully saturated rings. The quantitative estimate of drug-likeness (QED) is 0.946. The first-order valence-corrected chi connectivity index (χ1v) is 7.06. The van der Waals surface area contributed by atoms with E-state index in [-0.39, 0.29) is 18.2 Å². The highest BCUT2D eigenvalue weighted by molar-refractivity contribution is 6.44. The van der Waals surface area contributed by atoms with Gasteiger partial charge in [-0.2, -0.15) is 5.10 Å². The monoisotopic (exact) mass is 293 g/mol. The highest BCUT2D eigenvalue weighted by Crippen LogP contribution is 2.20. The van der Waals surface area contributed by atoms with E-state index < -0.39 is 0 Å². The van der Waals surface area contributed by atoms with Gasteiger partial charge in [0.2, 0.25) is 5.91 Å². The van der Waals surface area contributed by atoms with Crippen LogP contribution in [-0.2, 0) is 9.59 Å². The Kier molecular flexibility index (Phi) is 3.96. The fourth-order valence-corrected chi connectivity index (χ4v) is 2.21. The van der Waals surface area contributed by atoms with Gasteiger partial charge in [-0.25, -0.2) is 5.01 Å². The first kappa shape index (κ1) is 14.0. The summed E-state index contributed by atoms with van der Waals surface area (Å²) in [6.45, 7) is 0. The van der Waals surface area contributed by atoms with E-state index in [2.05, 4.69) is 10.4 Å². The van der Waals surface area contributed by atoms with Gasteiger partial charge in [-0.1, -0.05) is 36.4 Å². The summed E-state index contributed by atoms with van der Waals surface area (Å²) in [5, 5.41) is 8.30. The number of hydrazone groups is 1. The lowest BCUT2D eigenvalue weighted by atomic mass is 10.1. The molecular weight excluding hydrogens is 278 g/mol. The van der Waals surface area contributed by atoms with Gasteiger partial charge in [0.1, 0.15) is 5.71 Å². The van der Waals surface area contributed by atoms with E-state index in [1.807, 2.05) is 36.4 Å². The molecule has 0 aliphatic carbocycles. The lowest BCUT2D eigenvalue weighted by Crippen LogP contribution is -2.36. The molecule has 1 heterocycles. The zero-order valence-electron chi connectivity index (χ0n) is 11.9. The molecule has 2 aromatic carbocycles. The highest BCUT2D eigenvalue weighted by atomic mass is 16.2. The third kappa shape index (κ3) is 3.03. The van der Waals surface area contributed by atoms with Crippen molar-refractivity contribution in [1.82, 2.24) is 0 Å². The van der Waals surface area contributed by atoms with Crippen molar-refractivity contribution < 1.29 is 9.59 Å². The second-order valence-electron chi connectivity index (χ2n) is 4.91. The van der Waals surface area contributed by atoms with Crippen LogP contribution >= 0.6 is 0 Å². The molecule has 1 aliphatic rings. The predicted molar refractivity (Wildman–Crippen MR) is 85.7 cm³/mol. The smallest absolute Gasteiger partial charge is 0.271 e. The zero-order valence-corrected chi connectivity index (χ0v) is 11.9. The average Bonchev–Trinajstić information content (AvgIpc) is 2.57. The fraction of sp³-hybridized carbons (Fsp3) is 0.118. The van der Waals surface area contributed by atoms with Gasteiger partial charge in [-0.3, -0.25) is 9.59 Å². The van der Waals surface area contributed by atoms with Gasteiger partial charge in [0.25, 0.3) is 5.91 Å². The number of amides is 2. The summed E-state index contributed by atoms with van der Waals surface area (Å²) in [6.07, 6.45) is 0.622. The number of anilines is 2. The number of para-hydroxylation sites is 2. The van der Waals surface area contributed by atoms with Gasteiger partial charge in [0, 0.05) is 18.5 Å². The van der Waals surface area contributed by atoms with Crippen LogP contribution in [-0.4, -0.2) is 17.5 Å². The van der Waals surface area contributed by atoms with E-state index in [4.69, 9.17) is 0 Å². The molecule has 110 valence electrons. The largest absolute Gasteiger partial charge is 0.321 e. The third-order valence-electron chi connectivity index (χ3n) is 3.33. The van der Waals surface area contributed by atoms with Crippen LogP contribution in [0.2, 0.25) is 0 Å². The molecule has 1 N–H and O–H groups in total. The van der Waals surface area contributed by atoms with Gasteiger partial charge >= 0.3 is 0 Å². The topological polar surface area (TPSA) is 61.8 Å². The number of carbonyl (C=O) groups excluding carboxylic acids is 2. The Morgan fingerprint density at radius 3 is 2.27 bits per heavy atom. The van der Waals surface area contributed by atoms with Crippen molar-refractivity contribution in [3.8, 4) is 0 Å². The summed E-state index contributed by atoms with van der Waals surface area (Å²) in [6, 6.07) is 18.3. The molecule has 5 nitrogen and oxygen atoms in total. The lowest BCUT2D eigenvalue weighted by molar-refractivity contribution is -0.118. The number of hydrogen-bond acceptors (Lipinski definition) is 3. The summed E-state index contributed by atoms with van der Waals surface area (Å²) in [7, 11) is 0. The highest BCUT2D eigenvalue weighted by Gasteiger charge is 2.25. The van der Waals surface area contributed by atoms with Gasteiger partial charge in [-0.05, 0) is 24.3 Å². The van der Waals surface area contributed by atoms with Crippen LogP contribution in [0.4, 0.5) is 11.4 Å². The van der Waals surface area contributed by atoms with Crippen molar-refractivity contribution in [3.63, 3.8) is 0 Å². The maximum absolute atomic E-state index is 12.3. The number of carbonyl (C=O) groups is 2. The van der Waals surface area contributed by atoms with Crippen LogP contribution in [0.5, 0.6) is 0 Å². The normalized spacial score (nSPS) is 14.5. The maximum Gasteiger partial charge on any atom is 0.271 e. The van der Waals surface area contributed by atoms with E-state index in [1.54, 1.807) is 24.3 Å². The SMILES string of the molecule is O=C(Nc1ccccc1)C1=NN(c2ccccc2)C(=O)CC1. The molecule has 0 saturated carbocycles. The summed E-state index contributed by atoms with van der Waals surface area (Å²) in [5.74, 6) is -0.387. The summed E-state index contributed by atoms with van der Waals surface area (Å²) >= 11 is 0. The van der Waals surface area contributed by atoms with Crippen LogP contribution in [0.15, 0.2) is 65.8 Å². The van der Waals surface area contributed by atoms with Crippen LogP contribution < -0.4 is 10.3 Å². The van der Waals surface area contributed by atoms with E-state index in [0.717, 1.165) is 0 Å². The third-order valence-corrected chi connectivity index (χ3v) is 3.33. The van der Waals surface area contributed by atoms with E-state index in [1.165, 1.54) is 5.01 Å². The first-order chi connectivity index (χ1) is 10.7. The van der Waals surface area contributed by atoms with Crippen LogP contribution in [0.3, 0.4) is 0 Å². The second kappa shape index (κ2) is 6.22. The standard InChI is InChI=1S/C17H15N3O2/c21-16-12-11-15(17(22)18-13-7-3-1-4-8-13)19-20(16)14-9-5-2-6-10-14/h1-10H,11-12H2,(H,18,22). The molecule has 0 unspecified atom stereocenters. The summed E-state index contributed by atoms with van der Waals surface area (Å²) < 4.78 is 0. The summed E-state index contributed by atoms with van der Waals surface area (Å²) in [5.41, 5.74) is 1.72. The predicted octanol–water partition coefficient (Wildman–Crippen LogP) is 2.81. The van der Waals surface area contributed by atoms with E-state index >= 15 is 0 Å². The molecule has 0 aromatic heterocycles. The van der Waals surface area contributed by atoms with Crippen molar-refractivity contribution in [2.75, 3.05) is 10.3 Å². The fourth-order valence-electron chi connectivity index (χ4n) is 2.21. The molecule has 22 heavy (non-hydrogen) atoms. The van der Waals surface area contributed by atoms with Gasteiger partial charge in [-0.15, -0.1) is 0 Å². The van der Waals surface area contributed by atoms with Crippen molar-refractivity contribution in [1.29, 1.82) is 0 Å². The van der Waals surface area contributed by atoms with Crippen molar-refractivity contribution in [2.24, 2.45) is 5.10 Å². The second-order valence-corrected chi connectivity index (χ2v) is 4.91. The molecule has 0 atom stereocenters. The molecule has 2 amide bonds. The number of nitrogens with one attached hydrogen (secondary N) is 1. The van der Waals surface area contributed by atoms with Gasteiger partial charge < -0.3 is 5.32 Å². The lowest BCUT2D eigenvalue weighted by Gasteiger charge is -2.23. The van der Waals surface area contributed by atoms with Gasteiger partial charge in [0.15, 0.2) is 0 Å². The maximum atomic E-state index is 12.3. The van der Waals surface area contributed by atoms with Crippen molar-refractivity contribution in [3.05, 3.63) is 60.7 Å². The number of hydrogen-bond donors (Lipinski definition) is 1.